The van der Waals surface area contributed by atoms with E-state index in [1.165, 1.54) is 5.56 Å². The van der Waals surface area contributed by atoms with Crippen molar-refractivity contribution in [2.75, 3.05) is 0 Å². The number of hydrogen-bond donors (Lipinski definition) is 1. The second-order valence-corrected chi connectivity index (χ2v) is 7.27. The van der Waals surface area contributed by atoms with Crippen molar-refractivity contribution in [3.63, 3.8) is 0 Å². The standard InChI is InChI=1S/C23H23NO3/c1-23(27-22(24)25,20-11-6-9-16-7-2-4-10-19(16)20)15-18-14-13-17-8-3-5-12-21(17)26-18/h2-12,18H,13-15H2,1H3,(H2,24,25)/t18-,23-/m1/s1. The Morgan fingerprint density at radius 3 is 2.70 bits per heavy atom. The van der Waals surface area contributed by atoms with E-state index in [1.54, 1.807) is 0 Å². The average Bonchev–Trinajstić information content (AvgIpc) is 2.67. The SMILES string of the molecule is C[C@](C[C@H]1CCc2ccccc2O1)(OC(N)=O)c1cccc2ccccc12. The van der Waals surface area contributed by atoms with Gasteiger partial charge in [0.15, 0.2) is 0 Å². The Kier molecular flexibility index (Phi) is 4.48. The van der Waals surface area contributed by atoms with Crippen molar-refractivity contribution in [1.82, 2.24) is 0 Å². The summed E-state index contributed by atoms with van der Waals surface area (Å²) in [5.41, 5.74) is 6.73. The third-order valence-corrected chi connectivity index (χ3v) is 5.30. The maximum absolute atomic E-state index is 11.7. The van der Waals surface area contributed by atoms with Gasteiger partial charge in [-0.3, -0.25) is 0 Å². The maximum Gasteiger partial charge on any atom is 0.405 e. The lowest BCUT2D eigenvalue weighted by molar-refractivity contribution is -0.0106. The summed E-state index contributed by atoms with van der Waals surface area (Å²) in [6.07, 6.45) is 1.53. The molecular weight excluding hydrogens is 338 g/mol. The Hall–Kier alpha value is -3.01. The Bertz CT molecular complexity index is 979. The first kappa shape index (κ1) is 17.4. The number of amides is 1. The third kappa shape index (κ3) is 3.47. The molecular formula is C23H23NO3. The molecule has 0 saturated carbocycles. The van der Waals surface area contributed by atoms with Crippen LogP contribution < -0.4 is 10.5 Å². The van der Waals surface area contributed by atoms with E-state index in [0.29, 0.717) is 6.42 Å². The van der Waals surface area contributed by atoms with Crippen LogP contribution in [-0.4, -0.2) is 12.2 Å². The first-order valence-electron chi connectivity index (χ1n) is 9.26. The van der Waals surface area contributed by atoms with Gasteiger partial charge >= 0.3 is 6.09 Å². The average molecular weight is 361 g/mol. The van der Waals surface area contributed by atoms with Crippen molar-refractivity contribution >= 4 is 16.9 Å². The number of fused-ring (bicyclic) bond motifs is 2. The molecule has 0 spiro atoms. The molecule has 4 nitrogen and oxygen atoms in total. The zero-order valence-electron chi connectivity index (χ0n) is 15.4. The number of carbonyl (C=O) groups is 1. The molecule has 0 saturated heterocycles. The highest BCUT2D eigenvalue weighted by molar-refractivity contribution is 5.86. The highest BCUT2D eigenvalue weighted by Crippen LogP contribution is 2.39. The Balaban J connectivity index is 1.70. The van der Waals surface area contributed by atoms with Crippen LogP contribution in [0, 0.1) is 0 Å². The Labute approximate surface area is 158 Å². The van der Waals surface area contributed by atoms with Crippen LogP contribution >= 0.6 is 0 Å². The molecule has 0 radical (unpaired) electrons. The summed E-state index contributed by atoms with van der Waals surface area (Å²) in [4.78, 5) is 11.7. The van der Waals surface area contributed by atoms with Crippen molar-refractivity contribution in [3.8, 4) is 5.75 Å². The van der Waals surface area contributed by atoms with Crippen molar-refractivity contribution in [2.24, 2.45) is 5.73 Å². The molecule has 3 aromatic carbocycles. The molecule has 1 heterocycles. The van der Waals surface area contributed by atoms with E-state index in [4.69, 9.17) is 15.2 Å². The normalized spacial score (nSPS) is 18.2. The Morgan fingerprint density at radius 2 is 1.85 bits per heavy atom. The lowest BCUT2D eigenvalue weighted by Gasteiger charge is -2.35. The van der Waals surface area contributed by atoms with Crippen LogP contribution in [0.25, 0.3) is 10.8 Å². The summed E-state index contributed by atoms with van der Waals surface area (Å²) in [6.45, 7) is 1.92. The largest absolute Gasteiger partial charge is 0.490 e. The Morgan fingerprint density at radius 1 is 1.11 bits per heavy atom. The summed E-state index contributed by atoms with van der Waals surface area (Å²) in [7, 11) is 0. The molecule has 138 valence electrons. The van der Waals surface area contributed by atoms with Crippen LogP contribution in [0.1, 0.15) is 30.9 Å². The predicted molar refractivity (Wildman–Crippen MR) is 106 cm³/mol. The van der Waals surface area contributed by atoms with Gasteiger partial charge in [-0.15, -0.1) is 0 Å². The fraction of sp³-hybridized carbons (Fsp3) is 0.261. The van der Waals surface area contributed by atoms with E-state index in [2.05, 4.69) is 18.2 Å². The minimum absolute atomic E-state index is 0.0526. The lowest BCUT2D eigenvalue weighted by Crippen LogP contribution is -2.38. The van der Waals surface area contributed by atoms with Crippen LogP contribution in [0.2, 0.25) is 0 Å². The number of hydrogen-bond acceptors (Lipinski definition) is 3. The van der Waals surface area contributed by atoms with Gasteiger partial charge in [0.2, 0.25) is 0 Å². The van der Waals surface area contributed by atoms with Gasteiger partial charge in [0.1, 0.15) is 17.5 Å². The molecule has 0 bridgehead atoms. The number of nitrogens with two attached hydrogens (primary N) is 1. The first-order valence-corrected chi connectivity index (χ1v) is 9.26. The van der Waals surface area contributed by atoms with E-state index >= 15 is 0 Å². The number of ether oxygens (including phenoxy) is 2. The molecule has 4 heteroatoms. The fourth-order valence-electron chi connectivity index (χ4n) is 4.07. The number of benzene rings is 3. The summed E-state index contributed by atoms with van der Waals surface area (Å²) >= 11 is 0. The monoisotopic (exact) mass is 361 g/mol. The molecule has 3 aromatic rings. The van der Waals surface area contributed by atoms with Crippen LogP contribution in [0.3, 0.4) is 0 Å². The lowest BCUT2D eigenvalue weighted by atomic mass is 9.84. The number of rotatable bonds is 4. The molecule has 1 amide bonds. The predicted octanol–water partition coefficient (Wildman–Crippen LogP) is 4.93. The van der Waals surface area contributed by atoms with Crippen molar-refractivity contribution in [2.45, 2.75) is 37.9 Å². The molecule has 1 aliphatic heterocycles. The van der Waals surface area contributed by atoms with Crippen LogP contribution in [0.5, 0.6) is 5.75 Å². The molecule has 0 fully saturated rings. The second kappa shape index (κ2) is 6.95. The second-order valence-electron chi connectivity index (χ2n) is 7.27. The minimum atomic E-state index is -0.871. The fourth-order valence-corrected chi connectivity index (χ4v) is 4.07. The molecule has 27 heavy (non-hydrogen) atoms. The van der Waals surface area contributed by atoms with E-state index in [0.717, 1.165) is 34.9 Å². The summed E-state index contributed by atoms with van der Waals surface area (Å²) in [5.74, 6) is 0.910. The molecule has 4 rings (SSSR count). The topological polar surface area (TPSA) is 61.6 Å². The summed E-state index contributed by atoms with van der Waals surface area (Å²) in [5, 5.41) is 2.16. The number of carbonyl (C=O) groups excluding carboxylic acids is 1. The van der Waals surface area contributed by atoms with Gasteiger partial charge in [-0.1, -0.05) is 60.7 Å². The molecule has 0 aliphatic carbocycles. The summed E-state index contributed by atoms with van der Waals surface area (Å²) in [6, 6.07) is 22.2. The third-order valence-electron chi connectivity index (χ3n) is 5.30. The van der Waals surface area contributed by atoms with Gasteiger partial charge < -0.3 is 15.2 Å². The van der Waals surface area contributed by atoms with Crippen LogP contribution in [0.15, 0.2) is 66.7 Å². The van der Waals surface area contributed by atoms with Gasteiger partial charge in [0.05, 0.1) is 0 Å². The van der Waals surface area contributed by atoms with Gasteiger partial charge in [0, 0.05) is 12.0 Å². The summed E-state index contributed by atoms with van der Waals surface area (Å²) < 4.78 is 11.9. The van der Waals surface area contributed by atoms with Crippen molar-refractivity contribution < 1.29 is 14.3 Å². The van der Waals surface area contributed by atoms with E-state index < -0.39 is 11.7 Å². The number of primary amides is 1. The van der Waals surface area contributed by atoms with Crippen LogP contribution in [0.4, 0.5) is 4.79 Å². The highest BCUT2D eigenvalue weighted by atomic mass is 16.6. The zero-order valence-corrected chi connectivity index (χ0v) is 15.4. The molecule has 0 unspecified atom stereocenters. The van der Waals surface area contributed by atoms with Gasteiger partial charge in [-0.2, -0.15) is 0 Å². The van der Waals surface area contributed by atoms with Crippen LogP contribution in [-0.2, 0) is 16.8 Å². The molecule has 0 aromatic heterocycles. The van der Waals surface area contributed by atoms with E-state index in [-0.39, 0.29) is 6.10 Å². The number of aryl methyl sites for hydroxylation is 1. The first-order chi connectivity index (χ1) is 13.0. The molecule has 2 atom stereocenters. The minimum Gasteiger partial charge on any atom is -0.490 e. The highest BCUT2D eigenvalue weighted by Gasteiger charge is 2.37. The maximum atomic E-state index is 11.7. The zero-order chi connectivity index (χ0) is 18.9. The van der Waals surface area contributed by atoms with Crippen molar-refractivity contribution in [1.29, 1.82) is 0 Å². The smallest absolute Gasteiger partial charge is 0.405 e. The van der Waals surface area contributed by atoms with Gasteiger partial charge in [-0.25, -0.2) is 4.79 Å². The van der Waals surface area contributed by atoms with Crippen molar-refractivity contribution in [3.05, 3.63) is 77.9 Å². The van der Waals surface area contributed by atoms with E-state index in [1.807, 2.05) is 55.5 Å². The van der Waals surface area contributed by atoms with Gasteiger partial charge in [-0.05, 0) is 42.2 Å². The van der Waals surface area contributed by atoms with E-state index in [9.17, 15) is 4.79 Å². The van der Waals surface area contributed by atoms with Gasteiger partial charge in [0.25, 0.3) is 0 Å². The molecule has 1 aliphatic rings. The molecule has 2 N–H and O–H groups in total. The quantitative estimate of drug-likeness (QED) is 0.716. The number of para-hydroxylation sites is 1.